The van der Waals surface area contributed by atoms with Gasteiger partial charge < -0.3 is 4.74 Å². The normalized spacial score (nSPS) is 15.5. The van der Waals surface area contributed by atoms with Crippen LogP contribution in [0.2, 0.25) is 0 Å². The van der Waals surface area contributed by atoms with Crippen molar-refractivity contribution < 1.29 is 9.53 Å². The first-order valence-electron chi connectivity index (χ1n) is 4.35. The van der Waals surface area contributed by atoms with Gasteiger partial charge in [-0.3, -0.25) is 0 Å². The second-order valence-electron chi connectivity index (χ2n) is 3.24. The average Bonchev–Trinajstić information content (AvgIpc) is 3.00. The van der Waals surface area contributed by atoms with Crippen LogP contribution in [0, 0.1) is 0 Å². The maximum atomic E-state index is 11.1. The highest BCUT2D eigenvalue weighted by atomic mass is 16.5. The minimum absolute atomic E-state index is 0.359. The van der Waals surface area contributed by atoms with E-state index in [0.717, 1.165) is 0 Å². The van der Waals surface area contributed by atoms with Gasteiger partial charge in [-0.05, 0) is 36.5 Å². The second kappa shape index (κ2) is 3.17. The summed E-state index contributed by atoms with van der Waals surface area (Å²) in [7, 11) is 1.37. The van der Waals surface area contributed by atoms with Gasteiger partial charge in [0.25, 0.3) is 0 Å². The summed E-state index contributed by atoms with van der Waals surface area (Å²) in [5.74, 6) is 0.286. The first-order chi connectivity index (χ1) is 6.31. The largest absolute Gasteiger partial charge is 0.464 e. The zero-order valence-corrected chi connectivity index (χ0v) is 7.49. The lowest BCUT2D eigenvalue weighted by Gasteiger charge is -2.00. The van der Waals surface area contributed by atoms with Gasteiger partial charge >= 0.3 is 5.97 Å². The van der Waals surface area contributed by atoms with Gasteiger partial charge in [0.15, 0.2) is 0 Å². The van der Waals surface area contributed by atoms with Gasteiger partial charge in [0, 0.05) is 6.20 Å². The number of hydrogen-bond donors (Lipinski definition) is 0. The van der Waals surface area contributed by atoms with Crippen LogP contribution in [0.15, 0.2) is 18.3 Å². The standard InChI is InChI=1S/C10H11NO2/c1-13-10(12)9-6-8(4-5-11-9)7-2-3-7/h4-7H,2-3H2,1H3. The van der Waals surface area contributed by atoms with Crippen molar-refractivity contribution in [2.45, 2.75) is 18.8 Å². The van der Waals surface area contributed by atoms with Crippen LogP contribution in [0.4, 0.5) is 0 Å². The average molecular weight is 177 g/mol. The van der Waals surface area contributed by atoms with Crippen molar-refractivity contribution in [1.29, 1.82) is 0 Å². The molecular weight excluding hydrogens is 166 g/mol. The third-order valence-electron chi connectivity index (χ3n) is 2.23. The van der Waals surface area contributed by atoms with Crippen molar-refractivity contribution in [1.82, 2.24) is 4.98 Å². The predicted molar refractivity (Wildman–Crippen MR) is 47.6 cm³/mol. The number of methoxy groups -OCH3 is 1. The maximum Gasteiger partial charge on any atom is 0.356 e. The minimum Gasteiger partial charge on any atom is -0.464 e. The molecule has 68 valence electrons. The molecule has 1 heterocycles. The summed E-state index contributed by atoms with van der Waals surface area (Å²) >= 11 is 0. The van der Waals surface area contributed by atoms with E-state index in [1.165, 1.54) is 25.5 Å². The number of hydrogen-bond acceptors (Lipinski definition) is 3. The summed E-state index contributed by atoms with van der Waals surface area (Å²) in [6, 6.07) is 3.79. The molecule has 3 nitrogen and oxygen atoms in total. The quantitative estimate of drug-likeness (QED) is 0.646. The molecule has 1 aromatic rings. The Balaban J connectivity index is 2.26. The molecule has 0 amide bonds. The lowest BCUT2D eigenvalue weighted by atomic mass is 10.1. The number of nitrogens with zero attached hydrogens (tertiary/aromatic N) is 1. The number of rotatable bonds is 2. The Morgan fingerprint density at radius 1 is 1.62 bits per heavy atom. The fraction of sp³-hybridized carbons (Fsp3) is 0.400. The molecule has 0 saturated heterocycles. The molecule has 1 saturated carbocycles. The van der Waals surface area contributed by atoms with Crippen LogP contribution < -0.4 is 0 Å². The molecule has 1 aliphatic rings. The highest BCUT2D eigenvalue weighted by Gasteiger charge is 2.24. The fourth-order valence-electron chi connectivity index (χ4n) is 1.33. The Kier molecular flexibility index (Phi) is 2.00. The smallest absolute Gasteiger partial charge is 0.356 e. The molecule has 0 N–H and O–H groups in total. The van der Waals surface area contributed by atoms with Crippen molar-refractivity contribution >= 4 is 5.97 Å². The first-order valence-corrected chi connectivity index (χ1v) is 4.35. The molecular formula is C10H11NO2. The van der Waals surface area contributed by atoms with Crippen molar-refractivity contribution in [3.8, 4) is 0 Å². The summed E-state index contributed by atoms with van der Waals surface area (Å²) in [5.41, 5.74) is 1.61. The number of carbonyl (C=O) groups excluding carboxylic acids is 1. The third-order valence-corrected chi connectivity index (χ3v) is 2.23. The van der Waals surface area contributed by atoms with E-state index in [1.807, 2.05) is 12.1 Å². The van der Waals surface area contributed by atoms with E-state index in [2.05, 4.69) is 9.72 Å². The van der Waals surface area contributed by atoms with Crippen LogP contribution in [0.1, 0.15) is 34.8 Å². The van der Waals surface area contributed by atoms with Crippen LogP contribution in [0.3, 0.4) is 0 Å². The van der Waals surface area contributed by atoms with Gasteiger partial charge in [-0.1, -0.05) is 0 Å². The van der Waals surface area contributed by atoms with E-state index in [0.29, 0.717) is 11.6 Å². The Labute approximate surface area is 76.7 Å². The highest BCUT2D eigenvalue weighted by Crippen LogP contribution is 2.39. The molecule has 0 radical (unpaired) electrons. The van der Waals surface area contributed by atoms with Gasteiger partial charge in [-0.2, -0.15) is 0 Å². The summed E-state index contributed by atoms with van der Waals surface area (Å²) < 4.78 is 4.59. The summed E-state index contributed by atoms with van der Waals surface area (Å²) in [4.78, 5) is 15.1. The van der Waals surface area contributed by atoms with E-state index in [4.69, 9.17) is 0 Å². The lowest BCUT2D eigenvalue weighted by molar-refractivity contribution is 0.0594. The van der Waals surface area contributed by atoms with Crippen LogP contribution in [-0.4, -0.2) is 18.1 Å². The van der Waals surface area contributed by atoms with Crippen LogP contribution in [-0.2, 0) is 4.74 Å². The molecule has 0 bridgehead atoms. The number of aromatic nitrogens is 1. The highest BCUT2D eigenvalue weighted by molar-refractivity contribution is 5.87. The zero-order chi connectivity index (χ0) is 9.26. The summed E-state index contributed by atoms with van der Waals surface area (Å²) in [6.07, 6.45) is 4.12. The SMILES string of the molecule is COC(=O)c1cc(C2CC2)ccn1. The number of esters is 1. The second-order valence-corrected chi connectivity index (χ2v) is 3.24. The molecule has 13 heavy (non-hydrogen) atoms. The molecule has 1 fully saturated rings. The molecule has 1 aliphatic carbocycles. The van der Waals surface area contributed by atoms with Crippen molar-refractivity contribution in [3.63, 3.8) is 0 Å². The predicted octanol–water partition coefficient (Wildman–Crippen LogP) is 1.75. The monoisotopic (exact) mass is 177 g/mol. The molecule has 3 heteroatoms. The lowest BCUT2D eigenvalue weighted by Crippen LogP contribution is -2.04. The zero-order valence-electron chi connectivity index (χ0n) is 7.49. The van der Waals surface area contributed by atoms with Gasteiger partial charge in [-0.25, -0.2) is 9.78 Å². The third kappa shape index (κ3) is 1.69. The van der Waals surface area contributed by atoms with Gasteiger partial charge in [-0.15, -0.1) is 0 Å². The fourth-order valence-corrected chi connectivity index (χ4v) is 1.33. The summed E-state index contributed by atoms with van der Waals surface area (Å²) in [6.45, 7) is 0. The van der Waals surface area contributed by atoms with Crippen LogP contribution in [0.5, 0.6) is 0 Å². The van der Waals surface area contributed by atoms with E-state index in [-0.39, 0.29) is 5.97 Å². The number of ether oxygens (including phenoxy) is 1. The van der Waals surface area contributed by atoms with E-state index < -0.39 is 0 Å². The maximum absolute atomic E-state index is 11.1. The van der Waals surface area contributed by atoms with Crippen molar-refractivity contribution in [2.24, 2.45) is 0 Å². The molecule has 0 atom stereocenters. The molecule has 2 rings (SSSR count). The first kappa shape index (κ1) is 8.23. The van der Waals surface area contributed by atoms with Gasteiger partial charge in [0.1, 0.15) is 5.69 Å². The Morgan fingerprint density at radius 3 is 3.00 bits per heavy atom. The Morgan fingerprint density at radius 2 is 2.38 bits per heavy atom. The molecule has 0 unspecified atom stereocenters. The molecule has 1 aromatic heterocycles. The Hall–Kier alpha value is -1.38. The van der Waals surface area contributed by atoms with E-state index >= 15 is 0 Å². The molecule has 0 aromatic carbocycles. The summed E-state index contributed by atoms with van der Waals surface area (Å²) in [5, 5.41) is 0. The van der Waals surface area contributed by atoms with Gasteiger partial charge in [0.2, 0.25) is 0 Å². The van der Waals surface area contributed by atoms with Gasteiger partial charge in [0.05, 0.1) is 7.11 Å². The Bertz CT molecular complexity index is 331. The van der Waals surface area contributed by atoms with Crippen molar-refractivity contribution in [3.05, 3.63) is 29.6 Å². The number of carbonyl (C=O) groups is 1. The molecule has 0 aliphatic heterocycles. The molecule has 0 spiro atoms. The van der Waals surface area contributed by atoms with E-state index in [1.54, 1.807) is 6.20 Å². The topological polar surface area (TPSA) is 39.2 Å². The van der Waals surface area contributed by atoms with E-state index in [9.17, 15) is 4.79 Å². The number of pyridine rings is 1. The van der Waals surface area contributed by atoms with Crippen LogP contribution >= 0.6 is 0 Å². The van der Waals surface area contributed by atoms with Crippen molar-refractivity contribution in [2.75, 3.05) is 7.11 Å². The van der Waals surface area contributed by atoms with Crippen LogP contribution in [0.25, 0.3) is 0 Å². The minimum atomic E-state index is -0.359.